The Morgan fingerprint density at radius 1 is 1.36 bits per heavy atom. The number of esters is 1. The van der Waals surface area contributed by atoms with E-state index in [2.05, 4.69) is 17.2 Å². The van der Waals surface area contributed by atoms with E-state index in [1.54, 1.807) is 4.40 Å². The van der Waals surface area contributed by atoms with Crippen molar-refractivity contribution in [3.8, 4) is 11.4 Å². The molecule has 0 spiro atoms. The molecular formula is C25H26FN5O2. The van der Waals surface area contributed by atoms with E-state index in [1.165, 1.54) is 19.4 Å². The van der Waals surface area contributed by atoms with Crippen LogP contribution in [0.5, 0.6) is 0 Å². The van der Waals surface area contributed by atoms with E-state index in [0.717, 1.165) is 53.1 Å². The second-order valence-corrected chi connectivity index (χ2v) is 8.57. The van der Waals surface area contributed by atoms with Gasteiger partial charge in [-0.05, 0) is 50.5 Å². The van der Waals surface area contributed by atoms with Crippen LogP contribution in [-0.4, -0.2) is 32.0 Å². The van der Waals surface area contributed by atoms with Gasteiger partial charge in [0.05, 0.1) is 24.2 Å². The van der Waals surface area contributed by atoms with Crippen molar-refractivity contribution in [3.05, 3.63) is 65.9 Å². The minimum atomic E-state index is -0.722. The summed E-state index contributed by atoms with van der Waals surface area (Å²) in [7, 11) is 1.24. The van der Waals surface area contributed by atoms with Gasteiger partial charge >= 0.3 is 5.97 Å². The summed E-state index contributed by atoms with van der Waals surface area (Å²) in [4.78, 5) is 21.7. The van der Waals surface area contributed by atoms with E-state index in [-0.39, 0.29) is 17.5 Å². The lowest BCUT2D eigenvalue weighted by Gasteiger charge is -2.11. The minimum absolute atomic E-state index is 0.126. The Morgan fingerprint density at radius 2 is 2.15 bits per heavy atom. The average Bonchev–Trinajstić information content (AvgIpc) is 3.48. The van der Waals surface area contributed by atoms with Crippen LogP contribution in [0.25, 0.3) is 28.1 Å². The molecule has 1 atom stereocenters. The summed E-state index contributed by atoms with van der Waals surface area (Å²) < 4.78 is 23.4. The van der Waals surface area contributed by atoms with Crippen LogP contribution in [0.3, 0.4) is 0 Å². The molecule has 0 aromatic carbocycles. The number of carbonyl (C=O) groups excluding carboxylic acids is 1. The van der Waals surface area contributed by atoms with Crippen LogP contribution in [-0.2, 0) is 11.3 Å². The molecule has 2 N–H and O–H groups in total. The fourth-order valence-corrected chi connectivity index (χ4v) is 4.32. The van der Waals surface area contributed by atoms with E-state index in [0.29, 0.717) is 12.2 Å². The number of allylic oxidation sites excluding steroid dienone is 1. The summed E-state index contributed by atoms with van der Waals surface area (Å²) in [5, 5.41) is 0.985. The summed E-state index contributed by atoms with van der Waals surface area (Å²) >= 11 is 0. The molecule has 5 rings (SSSR count). The number of imidazole rings is 1. The van der Waals surface area contributed by atoms with E-state index in [4.69, 9.17) is 20.4 Å². The zero-order valence-electron chi connectivity index (χ0n) is 18.7. The zero-order valence-corrected chi connectivity index (χ0v) is 18.7. The molecule has 4 aromatic rings. The number of carbonyl (C=O) groups is 1. The van der Waals surface area contributed by atoms with Gasteiger partial charge < -0.3 is 19.4 Å². The molecule has 0 radical (unpaired) electrons. The largest absolute Gasteiger partial charge is 0.465 e. The molecule has 7 nitrogen and oxygen atoms in total. The van der Waals surface area contributed by atoms with E-state index in [1.807, 2.05) is 25.1 Å². The van der Waals surface area contributed by atoms with Crippen molar-refractivity contribution in [2.24, 2.45) is 5.73 Å². The number of hydrogen-bond donors (Lipinski definition) is 1. The highest BCUT2D eigenvalue weighted by Crippen LogP contribution is 2.45. The SMILES string of the molecule is C=CCCn1c(-c2nc3cc(C(=O)OC)c(F)cn3c2C2CC2)cc2ccc(C(C)N)nc21. The molecule has 0 aliphatic heterocycles. The van der Waals surface area contributed by atoms with Crippen molar-refractivity contribution in [2.75, 3.05) is 7.11 Å². The van der Waals surface area contributed by atoms with Crippen molar-refractivity contribution >= 4 is 22.6 Å². The molecular weight excluding hydrogens is 421 g/mol. The number of nitrogens with two attached hydrogens (primary N) is 1. The van der Waals surface area contributed by atoms with E-state index >= 15 is 0 Å². The first kappa shape index (κ1) is 21.3. The Labute approximate surface area is 190 Å². The van der Waals surface area contributed by atoms with Gasteiger partial charge in [-0.15, -0.1) is 6.58 Å². The van der Waals surface area contributed by atoms with Crippen molar-refractivity contribution < 1.29 is 13.9 Å². The van der Waals surface area contributed by atoms with Crippen LogP contribution >= 0.6 is 0 Å². The highest BCUT2D eigenvalue weighted by molar-refractivity contribution is 5.91. The Kier molecular flexibility index (Phi) is 5.25. The second kappa shape index (κ2) is 8.12. The first-order valence-corrected chi connectivity index (χ1v) is 11.1. The molecule has 1 aliphatic rings. The molecule has 0 bridgehead atoms. The van der Waals surface area contributed by atoms with Gasteiger partial charge in [-0.2, -0.15) is 0 Å². The standard InChI is InChI=1S/C25H26FN5O2/c1-4-5-10-30-20(11-16-8-9-19(14(2)27)28-24(16)30)22-23(15-6-7-15)31-13-18(26)17(25(32)33-3)12-21(31)29-22/h4,8-9,11-15H,1,5-7,10,27H2,2-3H3. The topological polar surface area (TPSA) is 87.4 Å². The van der Waals surface area contributed by atoms with Crippen molar-refractivity contribution in [1.29, 1.82) is 0 Å². The van der Waals surface area contributed by atoms with Gasteiger partial charge in [-0.3, -0.25) is 0 Å². The number of halogens is 1. The van der Waals surface area contributed by atoms with Gasteiger partial charge in [-0.25, -0.2) is 19.2 Å². The van der Waals surface area contributed by atoms with Crippen molar-refractivity contribution in [3.63, 3.8) is 0 Å². The smallest absolute Gasteiger partial charge is 0.341 e. The number of aryl methyl sites for hydroxylation is 1. The number of hydrogen-bond acceptors (Lipinski definition) is 5. The number of aromatic nitrogens is 4. The van der Waals surface area contributed by atoms with E-state index < -0.39 is 11.8 Å². The molecule has 33 heavy (non-hydrogen) atoms. The van der Waals surface area contributed by atoms with Crippen LogP contribution in [0, 0.1) is 5.82 Å². The predicted octanol–water partition coefficient (Wildman–Crippen LogP) is 4.75. The average molecular weight is 448 g/mol. The molecule has 170 valence electrons. The molecule has 1 fully saturated rings. The predicted molar refractivity (Wildman–Crippen MR) is 125 cm³/mol. The maximum Gasteiger partial charge on any atom is 0.341 e. The maximum atomic E-state index is 14.8. The highest BCUT2D eigenvalue weighted by atomic mass is 19.1. The number of nitrogens with zero attached hydrogens (tertiary/aromatic N) is 4. The highest BCUT2D eigenvalue weighted by Gasteiger charge is 2.33. The molecule has 1 saturated carbocycles. The molecule has 0 saturated heterocycles. The number of ether oxygens (including phenoxy) is 1. The van der Waals surface area contributed by atoms with Crippen LogP contribution in [0.2, 0.25) is 0 Å². The number of methoxy groups -OCH3 is 1. The second-order valence-electron chi connectivity index (χ2n) is 8.57. The molecule has 1 unspecified atom stereocenters. The Hall–Kier alpha value is -3.52. The van der Waals surface area contributed by atoms with Crippen LogP contribution < -0.4 is 5.73 Å². The van der Waals surface area contributed by atoms with Crippen molar-refractivity contribution in [2.45, 2.75) is 44.7 Å². The summed E-state index contributed by atoms with van der Waals surface area (Å²) in [5.74, 6) is -1.06. The molecule has 4 heterocycles. The maximum absolute atomic E-state index is 14.8. The Balaban J connectivity index is 1.77. The van der Waals surface area contributed by atoms with Gasteiger partial charge in [0.2, 0.25) is 0 Å². The van der Waals surface area contributed by atoms with Gasteiger partial charge in [0.15, 0.2) is 5.82 Å². The summed E-state index contributed by atoms with van der Waals surface area (Å²) in [6.45, 7) is 6.45. The van der Waals surface area contributed by atoms with Gasteiger partial charge in [-0.1, -0.05) is 6.08 Å². The summed E-state index contributed by atoms with van der Waals surface area (Å²) in [6, 6.07) is 7.31. The Bertz CT molecular complexity index is 1400. The lowest BCUT2D eigenvalue weighted by atomic mass is 10.1. The van der Waals surface area contributed by atoms with Crippen molar-refractivity contribution in [1.82, 2.24) is 18.9 Å². The number of pyridine rings is 2. The summed E-state index contributed by atoms with van der Waals surface area (Å²) in [6.07, 6.45) is 6.00. The first-order valence-electron chi connectivity index (χ1n) is 11.1. The van der Waals surface area contributed by atoms with E-state index in [9.17, 15) is 9.18 Å². The molecule has 8 heteroatoms. The monoisotopic (exact) mass is 447 g/mol. The molecule has 0 amide bonds. The number of rotatable bonds is 7. The Morgan fingerprint density at radius 3 is 2.82 bits per heavy atom. The minimum Gasteiger partial charge on any atom is -0.465 e. The fourth-order valence-electron chi connectivity index (χ4n) is 4.32. The van der Waals surface area contributed by atoms with Crippen LogP contribution in [0.1, 0.15) is 59.9 Å². The third-order valence-electron chi connectivity index (χ3n) is 6.15. The third-order valence-corrected chi connectivity index (χ3v) is 6.15. The molecule has 1 aliphatic carbocycles. The number of fused-ring (bicyclic) bond motifs is 2. The first-order chi connectivity index (χ1) is 15.9. The van der Waals surface area contributed by atoms with Gasteiger partial charge in [0.1, 0.15) is 22.6 Å². The van der Waals surface area contributed by atoms with Gasteiger partial charge in [0, 0.05) is 30.1 Å². The quantitative estimate of drug-likeness (QED) is 0.326. The lowest BCUT2D eigenvalue weighted by Crippen LogP contribution is -2.09. The zero-order chi connectivity index (χ0) is 23.3. The lowest BCUT2D eigenvalue weighted by molar-refractivity contribution is 0.0595. The van der Waals surface area contributed by atoms with Crippen LogP contribution in [0.4, 0.5) is 4.39 Å². The summed E-state index contributed by atoms with van der Waals surface area (Å²) in [5.41, 5.74) is 10.8. The van der Waals surface area contributed by atoms with Gasteiger partial charge in [0.25, 0.3) is 0 Å². The third kappa shape index (κ3) is 3.60. The molecule has 4 aromatic heterocycles. The van der Waals surface area contributed by atoms with Crippen LogP contribution in [0.15, 0.2) is 43.1 Å². The normalized spacial score (nSPS) is 14.7. The fraction of sp³-hybridized carbons (Fsp3) is 0.320.